The highest BCUT2D eigenvalue weighted by Crippen LogP contribution is 2.34. The number of carbonyl (C=O) groups excluding carboxylic acids is 1. The van der Waals surface area contributed by atoms with Crippen LogP contribution in [0.1, 0.15) is 26.3 Å². The van der Waals surface area contributed by atoms with Crippen LogP contribution >= 0.6 is 0 Å². The Hall–Kier alpha value is -3.02. The van der Waals surface area contributed by atoms with Crippen LogP contribution in [0.25, 0.3) is 6.08 Å². The highest BCUT2D eigenvalue weighted by molar-refractivity contribution is 7.89. The number of allylic oxidation sites excluding steroid dienone is 1. The molecule has 3 atom stereocenters. The Bertz CT molecular complexity index is 1240. The molecule has 0 saturated carbocycles. The van der Waals surface area contributed by atoms with Gasteiger partial charge >= 0.3 is 6.03 Å². The lowest BCUT2D eigenvalue weighted by atomic mass is 10.0. The van der Waals surface area contributed by atoms with Gasteiger partial charge in [-0.3, -0.25) is 0 Å². The van der Waals surface area contributed by atoms with Crippen molar-refractivity contribution in [2.24, 2.45) is 5.92 Å². The van der Waals surface area contributed by atoms with Crippen molar-refractivity contribution < 1.29 is 31.8 Å². The van der Waals surface area contributed by atoms with Crippen molar-refractivity contribution in [3.63, 3.8) is 0 Å². The van der Waals surface area contributed by atoms with E-state index in [1.54, 1.807) is 32.1 Å². The average molecular weight is 524 g/mol. The van der Waals surface area contributed by atoms with Crippen LogP contribution in [-0.2, 0) is 10.0 Å². The Morgan fingerprint density at radius 1 is 1.31 bits per heavy atom. The van der Waals surface area contributed by atoms with Gasteiger partial charge < -0.3 is 20.1 Å². The van der Waals surface area contributed by atoms with E-state index < -0.39 is 45.8 Å². The second kappa shape index (κ2) is 11.4. The van der Waals surface area contributed by atoms with Crippen LogP contribution < -0.4 is 10.1 Å². The number of likely N-dealkylation sites (N-methyl/N-ethyl adjacent to an activating group) is 1. The molecule has 1 aliphatic rings. The number of urea groups is 1. The number of fused-ring (bicyclic) bond motifs is 1. The summed E-state index contributed by atoms with van der Waals surface area (Å²) in [4.78, 5) is 14.0. The van der Waals surface area contributed by atoms with Crippen molar-refractivity contribution >= 4 is 27.8 Å². The third-order valence-corrected chi connectivity index (χ3v) is 8.04. The van der Waals surface area contributed by atoms with E-state index in [0.29, 0.717) is 0 Å². The number of halogens is 2. The number of aliphatic hydroxyl groups is 1. The zero-order valence-electron chi connectivity index (χ0n) is 20.6. The molecule has 0 aromatic heterocycles. The van der Waals surface area contributed by atoms with Crippen LogP contribution in [0.5, 0.6) is 5.75 Å². The van der Waals surface area contributed by atoms with Gasteiger partial charge in [0.05, 0.1) is 18.8 Å². The van der Waals surface area contributed by atoms with Crippen molar-refractivity contribution in [1.29, 1.82) is 0 Å². The number of carbonyl (C=O) groups is 1. The molecule has 2 amide bonds. The summed E-state index contributed by atoms with van der Waals surface area (Å²) < 4.78 is 61.9. The van der Waals surface area contributed by atoms with Crippen molar-refractivity contribution in [2.75, 3.05) is 32.1 Å². The molecule has 0 bridgehead atoms. The van der Waals surface area contributed by atoms with Crippen molar-refractivity contribution in [3.05, 3.63) is 59.7 Å². The molecule has 1 heterocycles. The predicted molar refractivity (Wildman–Crippen MR) is 133 cm³/mol. The lowest BCUT2D eigenvalue weighted by molar-refractivity contribution is 0.0830. The van der Waals surface area contributed by atoms with E-state index in [9.17, 15) is 27.1 Å². The first kappa shape index (κ1) is 27.6. The van der Waals surface area contributed by atoms with Crippen LogP contribution in [-0.4, -0.2) is 67.7 Å². The molecule has 196 valence electrons. The second-order valence-corrected chi connectivity index (χ2v) is 10.7. The van der Waals surface area contributed by atoms with Gasteiger partial charge in [-0.2, -0.15) is 4.31 Å². The predicted octanol–water partition coefficient (Wildman–Crippen LogP) is 3.93. The molecule has 2 aromatic carbocycles. The number of ether oxygens (including phenoxy) is 1. The van der Waals surface area contributed by atoms with Gasteiger partial charge in [0.1, 0.15) is 28.4 Å². The third kappa shape index (κ3) is 6.03. The van der Waals surface area contributed by atoms with Gasteiger partial charge in [0.15, 0.2) is 0 Å². The Morgan fingerprint density at radius 2 is 2.03 bits per heavy atom. The minimum absolute atomic E-state index is 0.0264. The highest BCUT2D eigenvalue weighted by atomic mass is 32.2. The SMILES string of the molecule is C/C=C/c1ccc2c(c1)O[C@H](CN(C)C(=O)Nc1cc(F)ccc1F)[C@H](C)CN([C@H](C)CO)S2(=O)=O. The summed E-state index contributed by atoms with van der Waals surface area (Å²) in [5.74, 6) is -1.74. The van der Waals surface area contributed by atoms with E-state index >= 15 is 0 Å². The van der Waals surface area contributed by atoms with Crippen molar-refractivity contribution in [2.45, 2.75) is 37.8 Å². The van der Waals surface area contributed by atoms with E-state index in [2.05, 4.69) is 5.32 Å². The van der Waals surface area contributed by atoms with Crippen molar-refractivity contribution in [3.8, 4) is 5.75 Å². The number of aliphatic hydroxyl groups excluding tert-OH is 1. The quantitative estimate of drug-likeness (QED) is 0.598. The molecule has 3 rings (SSSR count). The number of hydrogen-bond donors (Lipinski definition) is 2. The molecule has 11 heteroatoms. The van der Waals surface area contributed by atoms with Gasteiger partial charge in [0, 0.05) is 31.6 Å². The van der Waals surface area contributed by atoms with Gasteiger partial charge in [-0.25, -0.2) is 22.0 Å². The molecule has 0 spiro atoms. The molecule has 0 fully saturated rings. The van der Waals surface area contributed by atoms with Crippen molar-refractivity contribution in [1.82, 2.24) is 9.21 Å². The average Bonchev–Trinajstić information content (AvgIpc) is 2.83. The number of hydrogen-bond acceptors (Lipinski definition) is 5. The number of amides is 2. The molecule has 0 unspecified atom stereocenters. The van der Waals surface area contributed by atoms with E-state index in [4.69, 9.17) is 4.74 Å². The number of anilines is 1. The Labute approximate surface area is 210 Å². The summed E-state index contributed by atoms with van der Waals surface area (Å²) in [7, 11) is -2.51. The molecule has 8 nitrogen and oxygen atoms in total. The third-order valence-electron chi connectivity index (χ3n) is 6.02. The molecule has 0 saturated heterocycles. The fraction of sp³-hybridized carbons (Fsp3) is 0.400. The smallest absolute Gasteiger partial charge is 0.321 e. The summed E-state index contributed by atoms with van der Waals surface area (Å²) in [6, 6.07) is 6.12. The molecule has 2 aromatic rings. The second-order valence-electron chi connectivity index (χ2n) is 8.88. The molecular weight excluding hydrogens is 492 g/mol. The van der Waals surface area contributed by atoms with E-state index in [0.717, 1.165) is 23.8 Å². The summed E-state index contributed by atoms with van der Waals surface area (Å²) in [5, 5.41) is 12.1. The van der Waals surface area contributed by atoms with Crippen LogP contribution in [0.15, 0.2) is 47.4 Å². The maximum absolute atomic E-state index is 14.0. The van der Waals surface area contributed by atoms with E-state index in [1.807, 2.05) is 13.0 Å². The van der Waals surface area contributed by atoms with Gasteiger partial charge in [-0.15, -0.1) is 0 Å². The zero-order chi connectivity index (χ0) is 26.6. The highest BCUT2D eigenvalue weighted by Gasteiger charge is 2.38. The molecular formula is C25H31F2N3O5S. The maximum Gasteiger partial charge on any atom is 0.321 e. The van der Waals surface area contributed by atoms with Gasteiger partial charge in [-0.05, 0) is 43.7 Å². The number of nitrogens with zero attached hydrogens (tertiary/aromatic N) is 2. The zero-order valence-corrected chi connectivity index (χ0v) is 21.4. The molecule has 36 heavy (non-hydrogen) atoms. The Kier molecular flexibility index (Phi) is 8.70. The van der Waals surface area contributed by atoms with Crippen LogP contribution in [0.2, 0.25) is 0 Å². The lowest BCUT2D eigenvalue weighted by Crippen LogP contribution is -2.50. The number of nitrogens with one attached hydrogen (secondary N) is 1. The normalized spacial score (nSPS) is 20.6. The molecule has 2 N–H and O–H groups in total. The lowest BCUT2D eigenvalue weighted by Gasteiger charge is -2.37. The van der Waals surface area contributed by atoms with E-state index in [1.165, 1.54) is 22.3 Å². The topological polar surface area (TPSA) is 99.2 Å². The minimum atomic E-state index is -3.98. The molecule has 0 radical (unpaired) electrons. The van der Waals surface area contributed by atoms with Gasteiger partial charge in [0.25, 0.3) is 0 Å². The number of rotatable bonds is 6. The van der Waals surface area contributed by atoms with Crippen LogP contribution in [0.3, 0.4) is 0 Å². The fourth-order valence-corrected chi connectivity index (χ4v) is 5.74. The van der Waals surface area contributed by atoms with Gasteiger partial charge in [0.2, 0.25) is 10.0 Å². The number of benzene rings is 2. The maximum atomic E-state index is 14.0. The largest absolute Gasteiger partial charge is 0.487 e. The molecule has 0 aliphatic carbocycles. The molecule has 1 aliphatic heterocycles. The first-order valence-corrected chi connectivity index (χ1v) is 12.9. The van der Waals surface area contributed by atoms with E-state index in [-0.39, 0.29) is 36.0 Å². The van der Waals surface area contributed by atoms with Crippen LogP contribution in [0, 0.1) is 17.6 Å². The summed E-state index contributed by atoms with van der Waals surface area (Å²) in [6.07, 6.45) is 2.96. The standard InChI is InChI=1S/C25H31F2N3O5S/c1-5-6-18-7-10-24-22(11-18)35-23(16(2)13-30(17(3)15-31)36(24,33)34)14-29(4)25(32)28-21-12-19(26)8-9-20(21)27/h5-12,16-17,23,31H,13-15H2,1-4H3,(H,28,32)/b6-5+/t16-,17-,23-/m1/s1. The summed E-state index contributed by atoms with van der Waals surface area (Å²) in [6.45, 7) is 4.93. The minimum Gasteiger partial charge on any atom is -0.487 e. The number of sulfonamides is 1. The first-order valence-electron chi connectivity index (χ1n) is 11.5. The monoisotopic (exact) mass is 523 g/mol. The Balaban J connectivity index is 1.94. The van der Waals surface area contributed by atoms with Gasteiger partial charge in [-0.1, -0.05) is 25.1 Å². The fourth-order valence-electron chi connectivity index (χ4n) is 3.91. The first-order chi connectivity index (χ1) is 17.0. The summed E-state index contributed by atoms with van der Waals surface area (Å²) >= 11 is 0. The summed E-state index contributed by atoms with van der Waals surface area (Å²) in [5.41, 5.74) is 0.432. The Morgan fingerprint density at radius 3 is 2.69 bits per heavy atom. The van der Waals surface area contributed by atoms with Crippen LogP contribution in [0.4, 0.5) is 19.3 Å².